The minimum absolute atomic E-state index is 0.0460. The number of carbonyl (C=O) groups excluding carboxylic acids is 1. The predicted octanol–water partition coefficient (Wildman–Crippen LogP) is 2.74. The van der Waals surface area contributed by atoms with Gasteiger partial charge >= 0.3 is 5.97 Å². The minimum Gasteiger partial charge on any atom is -0.493 e. The van der Waals surface area contributed by atoms with Gasteiger partial charge in [0.25, 0.3) is 0 Å². The molecular weight excluding hydrogens is 532 g/mol. The number of nitrogens with zero attached hydrogens (tertiary/aromatic N) is 4. The van der Waals surface area contributed by atoms with Crippen LogP contribution in [0.3, 0.4) is 0 Å². The average molecular weight is 571 g/mol. The smallest absolute Gasteiger partial charge is 0.308 e. The molecule has 0 aliphatic carbocycles. The topological polar surface area (TPSA) is 120 Å². The first-order valence-corrected chi connectivity index (χ1v) is 15.8. The summed E-state index contributed by atoms with van der Waals surface area (Å²) in [6, 6.07) is 9.04. The largest absolute Gasteiger partial charge is 0.493 e. The van der Waals surface area contributed by atoms with Crippen LogP contribution in [-0.4, -0.2) is 90.7 Å². The van der Waals surface area contributed by atoms with Gasteiger partial charge in [-0.05, 0) is 48.6 Å². The summed E-state index contributed by atoms with van der Waals surface area (Å²) in [6.45, 7) is 4.36. The van der Waals surface area contributed by atoms with E-state index in [0.29, 0.717) is 44.8 Å². The van der Waals surface area contributed by atoms with Crippen molar-refractivity contribution in [3.05, 3.63) is 53.9 Å². The van der Waals surface area contributed by atoms with Crippen LogP contribution in [0.5, 0.6) is 5.75 Å². The first-order chi connectivity index (χ1) is 19.3. The normalized spacial score (nSPS) is 24.1. The first-order valence-electron chi connectivity index (χ1n) is 14.2. The van der Waals surface area contributed by atoms with E-state index in [1.807, 2.05) is 29.2 Å². The van der Waals surface area contributed by atoms with Crippen molar-refractivity contribution in [2.24, 2.45) is 5.92 Å². The minimum atomic E-state index is -3.32. The number of hydrogen-bond donors (Lipinski definition) is 1. The SMILES string of the molecule is CCCCN(C(=O)CN1CC(c2ccc3c(c2)CCO3)C(C(=O)O)C1CCN1CCCS1(=O)=O)c1cccnc1. The second-order valence-corrected chi connectivity index (χ2v) is 13.0. The number of fused-ring (bicyclic) bond motifs is 1. The van der Waals surface area contributed by atoms with Crippen molar-refractivity contribution in [1.82, 2.24) is 14.2 Å². The molecule has 216 valence electrons. The fraction of sp³-hybridized carbons (Fsp3) is 0.552. The van der Waals surface area contributed by atoms with Crippen molar-refractivity contribution >= 4 is 27.6 Å². The van der Waals surface area contributed by atoms with E-state index in [0.717, 1.165) is 36.1 Å². The molecule has 1 aromatic heterocycles. The monoisotopic (exact) mass is 570 g/mol. The van der Waals surface area contributed by atoms with Gasteiger partial charge in [0.2, 0.25) is 15.9 Å². The summed E-state index contributed by atoms with van der Waals surface area (Å²) in [5.41, 5.74) is 2.70. The Morgan fingerprint density at radius 1 is 1.25 bits per heavy atom. The predicted molar refractivity (Wildman–Crippen MR) is 151 cm³/mol. The van der Waals surface area contributed by atoms with Crippen molar-refractivity contribution in [2.75, 3.05) is 50.0 Å². The number of unbranched alkanes of at least 4 members (excludes halogenated alkanes) is 1. The van der Waals surface area contributed by atoms with Crippen LogP contribution in [0.1, 0.15) is 49.7 Å². The van der Waals surface area contributed by atoms with Gasteiger partial charge in [-0.3, -0.25) is 19.5 Å². The number of aliphatic carboxylic acids is 1. The number of pyridine rings is 1. The highest BCUT2D eigenvalue weighted by molar-refractivity contribution is 7.89. The van der Waals surface area contributed by atoms with Gasteiger partial charge in [0.05, 0.1) is 36.7 Å². The standard InChI is InChI=1S/C29H38N4O6S/c1-2-3-13-33(23-6-4-11-30-18-23)27(34)20-31-19-24(21-7-8-26-22(17-21)10-15-39-26)28(29(35)36)25(31)9-14-32-12-5-16-40(32,37)38/h4,6-8,11,17-18,24-25,28H,2-3,5,9-10,12-16,19-20H2,1H3,(H,35,36). The molecule has 3 atom stereocenters. The second kappa shape index (κ2) is 12.2. The van der Waals surface area contributed by atoms with E-state index in [1.165, 1.54) is 4.31 Å². The van der Waals surface area contributed by atoms with Gasteiger partial charge < -0.3 is 14.7 Å². The van der Waals surface area contributed by atoms with E-state index in [2.05, 4.69) is 11.9 Å². The lowest BCUT2D eigenvalue weighted by atomic mass is 9.83. The summed E-state index contributed by atoms with van der Waals surface area (Å²) in [5.74, 6) is -1.20. The fourth-order valence-corrected chi connectivity index (χ4v) is 7.88. The number of aromatic nitrogens is 1. The summed E-state index contributed by atoms with van der Waals surface area (Å²) >= 11 is 0. The molecule has 0 radical (unpaired) electrons. The van der Waals surface area contributed by atoms with Crippen LogP contribution in [0.4, 0.5) is 5.69 Å². The molecule has 10 nitrogen and oxygen atoms in total. The lowest BCUT2D eigenvalue weighted by molar-refractivity contribution is -0.143. The molecule has 0 saturated carbocycles. The first kappa shape index (κ1) is 28.5. The Labute approximate surface area is 236 Å². The number of benzene rings is 1. The second-order valence-electron chi connectivity index (χ2n) is 10.9. The number of anilines is 1. The van der Waals surface area contributed by atoms with Crippen LogP contribution in [-0.2, 0) is 26.0 Å². The molecule has 2 aromatic rings. The van der Waals surface area contributed by atoms with Crippen molar-refractivity contribution in [3.63, 3.8) is 0 Å². The molecule has 2 fully saturated rings. The van der Waals surface area contributed by atoms with Crippen molar-refractivity contribution in [3.8, 4) is 5.75 Å². The number of ether oxygens (including phenoxy) is 1. The van der Waals surface area contributed by atoms with Gasteiger partial charge in [0.15, 0.2) is 0 Å². The van der Waals surface area contributed by atoms with E-state index in [9.17, 15) is 23.1 Å². The molecular formula is C29H38N4O6S. The summed E-state index contributed by atoms with van der Waals surface area (Å²) in [7, 11) is -3.32. The van der Waals surface area contributed by atoms with Crippen LogP contribution in [0, 0.1) is 5.92 Å². The summed E-state index contributed by atoms with van der Waals surface area (Å²) in [6.07, 6.45) is 6.79. The highest BCUT2D eigenvalue weighted by Gasteiger charge is 2.47. The molecule has 4 heterocycles. The number of carbonyl (C=O) groups is 2. The zero-order valence-corrected chi connectivity index (χ0v) is 23.8. The van der Waals surface area contributed by atoms with E-state index < -0.39 is 28.0 Å². The number of hydrogen-bond acceptors (Lipinski definition) is 7. The van der Waals surface area contributed by atoms with Gasteiger partial charge in [-0.25, -0.2) is 12.7 Å². The van der Waals surface area contributed by atoms with Gasteiger partial charge in [0.1, 0.15) is 5.75 Å². The van der Waals surface area contributed by atoms with Crippen LogP contribution >= 0.6 is 0 Å². The zero-order chi connectivity index (χ0) is 28.3. The molecule has 3 aliphatic rings. The molecule has 5 rings (SSSR count). The lowest BCUT2D eigenvalue weighted by Gasteiger charge is -2.30. The third-order valence-electron chi connectivity index (χ3n) is 8.38. The number of amides is 1. The maximum Gasteiger partial charge on any atom is 0.308 e. The lowest BCUT2D eigenvalue weighted by Crippen LogP contribution is -2.45. The zero-order valence-electron chi connectivity index (χ0n) is 22.9. The van der Waals surface area contributed by atoms with E-state index in [-0.39, 0.29) is 30.7 Å². The highest BCUT2D eigenvalue weighted by Crippen LogP contribution is 2.41. The van der Waals surface area contributed by atoms with Crippen molar-refractivity contribution in [1.29, 1.82) is 0 Å². The van der Waals surface area contributed by atoms with Crippen molar-refractivity contribution < 1.29 is 27.9 Å². The van der Waals surface area contributed by atoms with Crippen LogP contribution < -0.4 is 9.64 Å². The van der Waals surface area contributed by atoms with Crippen molar-refractivity contribution in [2.45, 2.75) is 51.0 Å². The number of rotatable bonds is 11. The molecule has 1 N–H and O–H groups in total. The Morgan fingerprint density at radius 3 is 2.80 bits per heavy atom. The molecule has 40 heavy (non-hydrogen) atoms. The summed E-state index contributed by atoms with van der Waals surface area (Å²) < 4.78 is 32.1. The van der Waals surface area contributed by atoms with Gasteiger partial charge in [0, 0.05) is 50.8 Å². The van der Waals surface area contributed by atoms with Gasteiger partial charge in [-0.2, -0.15) is 0 Å². The summed E-state index contributed by atoms with van der Waals surface area (Å²) in [5, 5.41) is 10.5. The highest BCUT2D eigenvalue weighted by atomic mass is 32.2. The van der Waals surface area contributed by atoms with Crippen LogP contribution in [0.2, 0.25) is 0 Å². The molecule has 1 aromatic carbocycles. The molecule has 3 aliphatic heterocycles. The van der Waals surface area contributed by atoms with Gasteiger partial charge in [-0.1, -0.05) is 25.5 Å². The van der Waals surface area contributed by atoms with Gasteiger partial charge in [-0.15, -0.1) is 0 Å². The average Bonchev–Trinajstić information content (AvgIpc) is 3.64. The number of likely N-dealkylation sites (tertiary alicyclic amines) is 1. The Hall–Kier alpha value is -3.02. The van der Waals surface area contributed by atoms with Crippen LogP contribution in [0.25, 0.3) is 0 Å². The number of carboxylic acids is 1. The Bertz CT molecular complexity index is 1320. The third kappa shape index (κ3) is 6.01. The van der Waals surface area contributed by atoms with E-state index in [1.54, 1.807) is 23.4 Å². The molecule has 3 unspecified atom stereocenters. The van der Waals surface area contributed by atoms with E-state index >= 15 is 0 Å². The Morgan fingerprint density at radius 2 is 2.10 bits per heavy atom. The third-order valence-corrected chi connectivity index (χ3v) is 10.3. The maximum absolute atomic E-state index is 13.8. The number of carboxylic acid groups (broad SMARTS) is 1. The number of sulfonamides is 1. The quantitative estimate of drug-likeness (QED) is 0.438. The maximum atomic E-state index is 13.8. The molecule has 0 bridgehead atoms. The van der Waals surface area contributed by atoms with Crippen LogP contribution in [0.15, 0.2) is 42.7 Å². The summed E-state index contributed by atoms with van der Waals surface area (Å²) in [4.78, 5) is 34.5. The molecule has 0 spiro atoms. The molecule has 1 amide bonds. The Balaban J connectivity index is 1.43. The molecule has 2 saturated heterocycles. The fourth-order valence-electron chi connectivity index (χ4n) is 6.33. The Kier molecular flexibility index (Phi) is 8.72. The molecule has 11 heteroatoms. The van der Waals surface area contributed by atoms with E-state index in [4.69, 9.17) is 4.74 Å².